The van der Waals surface area contributed by atoms with Crippen LogP contribution in [0.15, 0.2) is 18.2 Å². The van der Waals surface area contributed by atoms with E-state index >= 15 is 0 Å². The molecule has 17 heavy (non-hydrogen) atoms. The van der Waals surface area contributed by atoms with Crippen LogP contribution in [0.25, 0.3) is 0 Å². The van der Waals surface area contributed by atoms with Crippen LogP contribution in [-0.2, 0) is 16.0 Å². The zero-order valence-electron chi connectivity index (χ0n) is 10.1. The number of fused-ring (bicyclic) bond motifs is 1. The second kappa shape index (κ2) is 5.19. The minimum Gasteiger partial charge on any atom is -0.398 e. The van der Waals surface area contributed by atoms with Gasteiger partial charge in [0.25, 0.3) is 5.91 Å². The summed E-state index contributed by atoms with van der Waals surface area (Å²) in [5, 5.41) is 0. The van der Waals surface area contributed by atoms with E-state index in [0.29, 0.717) is 13.2 Å². The van der Waals surface area contributed by atoms with Crippen molar-refractivity contribution in [1.29, 1.82) is 0 Å². The van der Waals surface area contributed by atoms with Gasteiger partial charge in [0.05, 0.1) is 0 Å². The number of nitrogens with two attached hydrogens (primary N) is 1. The van der Waals surface area contributed by atoms with Crippen LogP contribution in [0, 0.1) is 0 Å². The van der Waals surface area contributed by atoms with E-state index in [2.05, 4.69) is 0 Å². The van der Waals surface area contributed by atoms with Gasteiger partial charge in [-0.2, -0.15) is 0 Å². The summed E-state index contributed by atoms with van der Waals surface area (Å²) in [4.78, 5) is 13.7. The monoisotopic (exact) mass is 234 g/mol. The van der Waals surface area contributed by atoms with E-state index in [9.17, 15) is 4.79 Å². The molecule has 2 N–H and O–H groups in total. The first-order valence-electron chi connectivity index (χ1n) is 5.99. The second-order valence-corrected chi connectivity index (χ2v) is 4.19. The molecule has 0 saturated carbocycles. The number of nitrogen functional groups attached to an aromatic ring is 1. The summed E-state index contributed by atoms with van der Waals surface area (Å²) in [5.41, 5.74) is 8.68. The average Bonchev–Trinajstić information content (AvgIpc) is 2.74. The number of hydrogen-bond acceptors (Lipinski definition) is 3. The molecule has 1 amide bonds. The first kappa shape index (κ1) is 11.9. The quantitative estimate of drug-likeness (QED) is 0.635. The Kier molecular flexibility index (Phi) is 3.64. The second-order valence-electron chi connectivity index (χ2n) is 4.19. The van der Waals surface area contributed by atoms with Gasteiger partial charge in [-0.3, -0.25) is 4.79 Å². The maximum Gasteiger partial charge on any atom is 0.252 e. The van der Waals surface area contributed by atoms with Crippen LogP contribution in [0.5, 0.6) is 0 Å². The molecule has 1 aliphatic heterocycles. The molecule has 1 aliphatic rings. The molecule has 0 atom stereocenters. The summed E-state index contributed by atoms with van der Waals surface area (Å²) in [5.74, 6) is 0.0165. The smallest absolute Gasteiger partial charge is 0.252 e. The van der Waals surface area contributed by atoms with Gasteiger partial charge in [-0.25, -0.2) is 0 Å². The Morgan fingerprint density at radius 3 is 3.12 bits per heavy atom. The summed E-state index contributed by atoms with van der Waals surface area (Å²) in [6, 6.07) is 5.70. The first-order valence-corrected chi connectivity index (χ1v) is 5.99. The lowest BCUT2D eigenvalue weighted by Crippen LogP contribution is -2.32. The van der Waals surface area contributed by atoms with Gasteiger partial charge in [0, 0.05) is 30.1 Å². The van der Waals surface area contributed by atoms with Crippen molar-refractivity contribution < 1.29 is 9.53 Å². The maximum absolute atomic E-state index is 12.0. The fourth-order valence-corrected chi connectivity index (χ4v) is 2.10. The topological polar surface area (TPSA) is 55.6 Å². The predicted molar refractivity (Wildman–Crippen MR) is 68.0 cm³/mol. The average molecular weight is 234 g/mol. The third kappa shape index (κ3) is 2.42. The highest BCUT2D eigenvalue weighted by atomic mass is 16.5. The SMILES string of the molecule is CCCOCC(=O)N1CCc2c(N)cccc21. The first-order chi connectivity index (χ1) is 8.24. The highest BCUT2D eigenvalue weighted by Gasteiger charge is 2.25. The molecule has 1 aromatic rings. The van der Waals surface area contributed by atoms with Crippen molar-refractivity contribution >= 4 is 17.3 Å². The van der Waals surface area contributed by atoms with Crippen molar-refractivity contribution in [3.05, 3.63) is 23.8 Å². The molecule has 0 unspecified atom stereocenters. The van der Waals surface area contributed by atoms with Crippen molar-refractivity contribution in [3.8, 4) is 0 Å². The molecule has 4 heteroatoms. The van der Waals surface area contributed by atoms with Crippen LogP contribution < -0.4 is 10.6 Å². The summed E-state index contributed by atoms with van der Waals surface area (Å²) in [6.45, 7) is 3.51. The minimum atomic E-state index is 0.0165. The molecule has 0 aliphatic carbocycles. The van der Waals surface area contributed by atoms with Crippen molar-refractivity contribution in [2.75, 3.05) is 30.4 Å². The lowest BCUT2D eigenvalue weighted by molar-refractivity contribution is -0.123. The van der Waals surface area contributed by atoms with Crippen LogP contribution in [0.4, 0.5) is 11.4 Å². The van der Waals surface area contributed by atoms with E-state index in [1.807, 2.05) is 25.1 Å². The Morgan fingerprint density at radius 1 is 1.53 bits per heavy atom. The third-order valence-electron chi connectivity index (χ3n) is 2.94. The Bertz CT molecular complexity index is 418. The van der Waals surface area contributed by atoms with Crippen molar-refractivity contribution in [2.24, 2.45) is 0 Å². The van der Waals surface area contributed by atoms with E-state index in [-0.39, 0.29) is 12.5 Å². The van der Waals surface area contributed by atoms with Gasteiger partial charge in [-0.05, 0) is 25.0 Å². The number of hydrogen-bond donors (Lipinski definition) is 1. The van der Waals surface area contributed by atoms with Gasteiger partial charge in [0.1, 0.15) is 6.61 Å². The lowest BCUT2D eigenvalue weighted by atomic mass is 10.1. The fraction of sp³-hybridized carbons (Fsp3) is 0.462. The molecule has 0 bridgehead atoms. The van der Waals surface area contributed by atoms with Crippen molar-refractivity contribution in [2.45, 2.75) is 19.8 Å². The van der Waals surface area contributed by atoms with Crippen molar-refractivity contribution in [3.63, 3.8) is 0 Å². The Labute approximate surface area is 101 Å². The number of nitrogens with zero attached hydrogens (tertiary/aromatic N) is 1. The predicted octanol–water partition coefficient (Wildman–Crippen LogP) is 1.58. The van der Waals surface area contributed by atoms with E-state index < -0.39 is 0 Å². The van der Waals surface area contributed by atoms with E-state index in [1.165, 1.54) is 0 Å². The third-order valence-corrected chi connectivity index (χ3v) is 2.94. The van der Waals surface area contributed by atoms with Crippen LogP contribution in [0.2, 0.25) is 0 Å². The molecular weight excluding hydrogens is 216 g/mol. The van der Waals surface area contributed by atoms with Gasteiger partial charge in [0.15, 0.2) is 0 Å². The lowest BCUT2D eigenvalue weighted by Gasteiger charge is -2.17. The molecular formula is C13H18N2O2. The maximum atomic E-state index is 12.0. The van der Waals surface area contributed by atoms with Crippen LogP contribution in [-0.4, -0.2) is 25.7 Å². The highest BCUT2D eigenvalue weighted by molar-refractivity contribution is 5.97. The van der Waals surface area contributed by atoms with Gasteiger partial charge in [-0.1, -0.05) is 13.0 Å². The van der Waals surface area contributed by atoms with E-state index in [4.69, 9.17) is 10.5 Å². The van der Waals surface area contributed by atoms with E-state index in [0.717, 1.165) is 29.8 Å². The molecule has 1 heterocycles. The number of benzene rings is 1. The zero-order valence-corrected chi connectivity index (χ0v) is 10.1. The van der Waals surface area contributed by atoms with Gasteiger partial charge < -0.3 is 15.4 Å². The number of anilines is 2. The largest absolute Gasteiger partial charge is 0.398 e. The Balaban J connectivity index is 2.06. The zero-order chi connectivity index (χ0) is 12.3. The fourth-order valence-electron chi connectivity index (χ4n) is 2.10. The van der Waals surface area contributed by atoms with Crippen LogP contribution in [0.1, 0.15) is 18.9 Å². The number of amides is 1. The number of ether oxygens (including phenoxy) is 1. The summed E-state index contributed by atoms with van der Waals surface area (Å²) >= 11 is 0. The standard InChI is InChI=1S/C13H18N2O2/c1-2-8-17-9-13(16)15-7-6-10-11(14)4-3-5-12(10)15/h3-5H,2,6-9,14H2,1H3. The summed E-state index contributed by atoms with van der Waals surface area (Å²) in [7, 11) is 0. The van der Waals surface area contributed by atoms with Crippen LogP contribution in [0.3, 0.4) is 0 Å². The Hall–Kier alpha value is -1.55. The Morgan fingerprint density at radius 2 is 2.35 bits per heavy atom. The van der Waals surface area contributed by atoms with Gasteiger partial charge >= 0.3 is 0 Å². The highest BCUT2D eigenvalue weighted by Crippen LogP contribution is 2.31. The molecule has 0 saturated heterocycles. The number of rotatable bonds is 4. The molecule has 0 spiro atoms. The molecule has 1 aromatic carbocycles. The summed E-state index contributed by atoms with van der Waals surface area (Å²) < 4.78 is 5.28. The number of carbonyl (C=O) groups is 1. The molecule has 92 valence electrons. The van der Waals surface area contributed by atoms with Gasteiger partial charge in [-0.15, -0.1) is 0 Å². The molecule has 0 aromatic heterocycles. The number of carbonyl (C=O) groups excluding carboxylic acids is 1. The molecule has 4 nitrogen and oxygen atoms in total. The molecule has 0 fully saturated rings. The summed E-state index contributed by atoms with van der Waals surface area (Å²) in [6.07, 6.45) is 1.76. The minimum absolute atomic E-state index is 0.0165. The van der Waals surface area contributed by atoms with E-state index in [1.54, 1.807) is 4.90 Å². The van der Waals surface area contributed by atoms with Crippen LogP contribution >= 0.6 is 0 Å². The van der Waals surface area contributed by atoms with Crippen molar-refractivity contribution in [1.82, 2.24) is 0 Å². The normalized spacial score (nSPS) is 13.8. The molecule has 2 rings (SSSR count). The van der Waals surface area contributed by atoms with Gasteiger partial charge in [0.2, 0.25) is 0 Å². The molecule has 0 radical (unpaired) electrons.